The van der Waals surface area contributed by atoms with Crippen molar-refractivity contribution in [2.45, 2.75) is 6.42 Å². The summed E-state index contributed by atoms with van der Waals surface area (Å²) in [7, 11) is 0. The zero-order valence-corrected chi connectivity index (χ0v) is 11.5. The molecule has 3 amide bonds. The van der Waals surface area contributed by atoms with Crippen LogP contribution in [0.2, 0.25) is 0 Å². The highest BCUT2D eigenvalue weighted by Gasteiger charge is 2.23. The Balaban J connectivity index is 1.82. The smallest absolute Gasteiger partial charge is 0.319 e. The summed E-state index contributed by atoms with van der Waals surface area (Å²) in [4.78, 5) is 28.6. The molecule has 22 heavy (non-hydrogen) atoms. The van der Waals surface area contributed by atoms with Gasteiger partial charge in [-0.2, -0.15) is 0 Å². The molecule has 0 fully saturated rings. The SMILES string of the molecule is NC(=O)N1CCc2ccc(NC(=O)c3ccc(F)cn3)cc21. The molecule has 112 valence electrons. The molecule has 7 heteroatoms. The van der Waals surface area contributed by atoms with Crippen LogP contribution in [-0.4, -0.2) is 23.5 Å². The molecule has 2 aromatic rings. The van der Waals surface area contributed by atoms with Crippen molar-refractivity contribution in [1.82, 2.24) is 4.98 Å². The van der Waals surface area contributed by atoms with E-state index in [2.05, 4.69) is 10.3 Å². The van der Waals surface area contributed by atoms with Gasteiger partial charge in [0, 0.05) is 12.2 Å². The van der Waals surface area contributed by atoms with Crippen molar-refractivity contribution < 1.29 is 14.0 Å². The molecule has 1 aliphatic rings. The van der Waals surface area contributed by atoms with Crippen molar-refractivity contribution in [3.8, 4) is 0 Å². The van der Waals surface area contributed by atoms with E-state index < -0.39 is 17.8 Å². The van der Waals surface area contributed by atoms with Crippen LogP contribution in [0.4, 0.5) is 20.6 Å². The summed E-state index contributed by atoms with van der Waals surface area (Å²) in [5, 5.41) is 2.66. The van der Waals surface area contributed by atoms with Gasteiger partial charge in [0.1, 0.15) is 11.5 Å². The number of nitrogens with two attached hydrogens (primary N) is 1. The first-order valence-corrected chi connectivity index (χ1v) is 6.67. The number of nitrogens with zero attached hydrogens (tertiary/aromatic N) is 2. The summed E-state index contributed by atoms with van der Waals surface area (Å²) in [6.07, 6.45) is 1.71. The minimum absolute atomic E-state index is 0.105. The van der Waals surface area contributed by atoms with Crippen molar-refractivity contribution in [3.05, 3.63) is 53.6 Å². The number of halogens is 1. The van der Waals surface area contributed by atoms with Crippen LogP contribution in [0.3, 0.4) is 0 Å². The topological polar surface area (TPSA) is 88.3 Å². The first-order chi connectivity index (χ1) is 10.5. The monoisotopic (exact) mass is 300 g/mol. The molecule has 1 aromatic carbocycles. The van der Waals surface area contributed by atoms with Gasteiger partial charge in [0.05, 0.1) is 11.9 Å². The van der Waals surface area contributed by atoms with Gasteiger partial charge >= 0.3 is 6.03 Å². The number of carbonyl (C=O) groups excluding carboxylic acids is 2. The minimum atomic E-state index is -0.526. The second-order valence-electron chi connectivity index (χ2n) is 4.90. The number of benzene rings is 1. The summed E-state index contributed by atoms with van der Waals surface area (Å²) in [5.41, 5.74) is 7.63. The number of urea groups is 1. The fourth-order valence-corrected chi connectivity index (χ4v) is 2.39. The first kappa shape index (κ1) is 14.0. The van der Waals surface area contributed by atoms with Gasteiger partial charge in [0.2, 0.25) is 0 Å². The molecule has 0 unspecified atom stereocenters. The number of carbonyl (C=O) groups is 2. The molecule has 3 rings (SSSR count). The van der Waals surface area contributed by atoms with Crippen LogP contribution >= 0.6 is 0 Å². The second-order valence-corrected chi connectivity index (χ2v) is 4.90. The Morgan fingerprint density at radius 1 is 1.27 bits per heavy atom. The lowest BCUT2D eigenvalue weighted by Crippen LogP contribution is -2.34. The molecule has 0 spiro atoms. The third kappa shape index (κ3) is 2.60. The van der Waals surface area contributed by atoms with E-state index in [4.69, 9.17) is 5.73 Å². The molecule has 0 radical (unpaired) electrons. The van der Waals surface area contributed by atoms with Crippen molar-refractivity contribution in [2.75, 3.05) is 16.8 Å². The number of rotatable bonds is 2. The lowest BCUT2D eigenvalue weighted by molar-refractivity contribution is 0.102. The lowest BCUT2D eigenvalue weighted by atomic mass is 10.1. The number of hydrogen-bond donors (Lipinski definition) is 2. The molecular formula is C15H13FN4O2. The number of nitrogens with one attached hydrogen (secondary N) is 1. The standard InChI is InChI=1S/C15H13FN4O2/c16-10-2-4-12(18-8-10)14(21)19-11-3-1-9-5-6-20(15(17)22)13(9)7-11/h1-4,7-8H,5-6H2,(H2,17,22)(H,19,21). The maximum Gasteiger partial charge on any atom is 0.319 e. The van der Waals surface area contributed by atoms with E-state index in [1.165, 1.54) is 17.0 Å². The Morgan fingerprint density at radius 2 is 2.09 bits per heavy atom. The molecule has 1 aliphatic heterocycles. The van der Waals surface area contributed by atoms with Gasteiger partial charge in [-0.25, -0.2) is 14.2 Å². The van der Waals surface area contributed by atoms with Crippen LogP contribution in [0.1, 0.15) is 16.1 Å². The molecular weight excluding hydrogens is 287 g/mol. The fourth-order valence-electron chi connectivity index (χ4n) is 2.39. The first-order valence-electron chi connectivity index (χ1n) is 6.67. The van der Waals surface area contributed by atoms with E-state index in [0.29, 0.717) is 17.9 Å². The summed E-state index contributed by atoms with van der Waals surface area (Å²) < 4.78 is 12.8. The number of hydrogen-bond acceptors (Lipinski definition) is 3. The molecule has 2 heterocycles. The van der Waals surface area contributed by atoms with Crippen molar-refractivity contribution in [1.29, 1.82) is 0 Å². The van der Waals surface area contributed by atoms with Crippen LogP contribution in [0, 0.1) is 5.82 Å². The van der Waals surface area contributed by atoms with Crippen molar-refractivity contribution in [2.24, 2.45) is 5.73 Å². The van der Waals surface area contributed by atoms with Crippen LogP contribution in [-0.2, 0) is 6.42 Å². The van der Waals surface area contributed by atoms with Gasteiger partial charge in [-0.3, -0.25) is 9.69 Å². The van der Waals surface area contributed by atoms with Crippen LogP contribution in [0.25, 0.3) is 0 Å². The number of pyridine rings is 1. The normalized spacial score (nSPS) is 12.9. The highest BCUT2D eigenvalue weighted by atomic mass is 19.1. The van der Waals surface area contributed by atoms with E-state index >= 15 is 0 Å². The average molecular weight is 300 g/mol. The predicted molar refractivity (Wildman–Crippen MR) is 79.2 cm³/mol. The van der Waals surface area contributed by atoms with Crippen LogP contribution in [0.15, 0.2) is 36.5 Å². The third-order valence-electron chi connectivity index (χ3n) is 3.46. The zero-order valence-electron chi connectivity index (χ0n) is 11.5. The Labute approximate surface area is 125 Å². The van der Waals surface area contributed by atoms with Crippen LogP contribution in [0.5, 0.6) is 0 Å². The summed E-state index contributed by atoms with van der Waals surface area (Å²) in [6.45, 7) is 0.529. The van der Waals surface area contributed by atoms with E-state index in [-0.39, 0.29) is 5.69 Å². The van der Waals surface area contributed by atoms with E-state index in [1.54, 1.807) is 12.1 Å². The molecule has 0 atom stereocenters. The Bertz CT molecular complexity index is 746. The summed E-state index contributed by atoms with van der Waals surface area (Å²) >= 11 is 0. The van der Waals surface area contributed by atoms with Gasteiger partial charge in [0.15, 0.2) is 0 Å². The van der Waals surface area contributed by atoms with E-state index in [1.807, 2.05) is 6.07 Å². The Hall–Kier alpha value is -2.96. The lowest BCUT2D eigenvalue weighted by Gasteiger charge is -2.15. The molecule has 6 nitrogen and oxygen atoms in total. The number of amides is 3. The Kier molecular flexibility index (Phi) is 3.46. The van der Waals surface area contributed by atoms with Crippen molar-refractivity contribution >= 4 is 23.3 Å². The van der Waals surface area contributed by atoms with E-state index in [9.17, 15) is 14.0 Å². The molecule has 0 bridgehead atoms. The highest BCUT2D eigenvalue weighted by Crippen LogP contribution is 2.30. The van der Waals surface area contributed by atoms with Gasteiger partial charge < -0.3 is 11.1 Å². The summed E-state index contributed by atoms with van der Waals surface area (Å²) in [5.74, 6) is -0.963. The quantitative estimate of drug-likeness (QED) is 0.888. The van der Waals surface area contributed by atoms with Gasteiger partial charge in [-0.05, 0) is 36.2 Å². The van der Waals surface area contributed by atoms with Crippen molar-refractivity contribution in [3.63, 3.8) is 0 Å². The molecule has 0 saturated heterocycles. The maximum absolute atomic E-state index is 12.8. The largest absolute Gasteiger partial charge is 0.351 e. The second kappa shape index (κ2) is 5.44. The average Bonchev–Trinajstić information content (AvgIpc) is 2.91. The molecule has 0 aliphatic carbocycles. The minimum Gasteiger partial charge on any atom is -0.351 e. The number of primary amides is 1. The zero-order chi connectivity index (χ0) is 15.7. The maximum atomic E-state index is 12.8. The van der Waals surface area contributed by atoms with Gasteiger partial charge in [0.25, 0.3) is 5.91 Å². The van der Waals surface area contributed by atoms with Gasteiger partial charge in [-0.1, -0.05) is 6.07 Å². The third-order valence-corrected chi connectivity index (χ3v) is 3.46. The number of fused-ring (bicyclic) bond motifs is 1. The summed E-state index contributed by atoms with van der Waals surface area (Å²) in [6, 6.07) is 7.21. The van der Waals surface area contributed by atoms with Crippen LogP contribution < -0.4 is 16.0 Å². The predicted octanol–water partition coefficient (Wildman–Crippen LogP) is 1.91. The Morgan fingerprint density at radius 3 is 2.77 bits per heavy atom. The number of aromatic nitrogens is 1. The molecule has 0 saturated carbocycles. The fraction of sp³-hybridized carbons (Fsp3) is 0.133. The molecule has 3 N–H and O–H groups in total. The van der Waals surface area contributed by atoms with Gasteiger partial charge in [-0.15, -0.1) is 0 Å². The highest BCUT2D eigenvalue weighted by molar-refractivity contribution is 6.03. The number of anilines is 2. The van der Waals surface area contributed by atoms with E-state index in [0.717, 1.165) is 18.2 Å². The molecule has 1 aromatic heterocycles.